The van der Waals surface area contributed by atoms with E-state index in [-0.39, 0.29) is 17.0 Å². The molecule has 6 heteroatoms. The van der Waals surface area contributed by atoms with Gasteiger partial charge in [0.15, 0.2) is 0 Å². The molecule has 1 aliphatic carbocycles. The van der Waals surface area contributed by atoms with Crippen LogP contribution in [0.3, 0.4) is 0 Å². The van der Waals surface area contributed by atoms with Crippen molar-refractivity contribution >= 4 is 5.91 Å². The Morgan fingerprint density at radius 1 is 1.42 bits per heavy atom. The number of rotatable bonds is 9. The number of carbonyl (C=O) groups is 1. The van der Waals surface area contributed by atoms with Gasteiger partial charge in [-0.3, -0.25) is 9.59 Å². The van der Waals surface area contributed by atoms with Gasteiger partial charge in [-0.2, -0.15) is 5.26 Å². The molecular weight excluding hydrogens is 306 g/mol. The van der Waals surface area contributed by atoms with E-state index in [0.717, 1.165) is 30.2 Å². The van der Waals surface area contributed by atoms with E-state index in [4.69, 9.17) is 10.00 Å². The zero-order valence-corrected chi connectivity index (χ0v) is 14.4. The molecule has 1 fully saturated rings. The molecule has 0 atom stereocenters. The summed E-state index contributed by atoms with van der Waals surface area (Å²) in [6.45, 7) is 5.68. The van der Waals surface area contributed by atoms with Crippen molar-refractivity contribution in [2.24, 2.45) is 5.92 Å². The normalized spacial score (nSPS) is 13.5. The standard InChI is InChI=1S/C18H25N3O3/c1-12-15(13(2)21-18(23)16(12)10-19)6-7-17(22)20-8-3-9-24-11-14-4-5-14/h14H,3-9,11H2,1-2H3,(H,20,22)(H,21,23). The number of aromatic amines is 1. The predicted molar refractivity (Wildman–Crippen MR) is 90.7 cm³/mol. The summed E-state index contributed by atoms with van der Waals surface area (Å²) in [6, 6.07) is 1.93. The van der Waals surface area contributed by atoms with Gasteiger partial charge in [0.05, 0.1) is 0 Å². The van der Waals surface area contributed by atoms with Crippen molar-refractivity contribution < 1.29 is 9.53 Å². The number of H-pyrrole nitrogens is 1. The molecular formula is C18H25N3O3. The maximum Gasteiger partial charge on any atom is 0.266 e. The Morgan fingerprint density at radius 3 is 2.83 bits per heavy atom. The highest BCUT2D eigenvalue weighted by molar-refractivity contribution is 5.76. The molecule has 0 bridgehead atoms. The third-order valence-corrected chi connectivity index (χ3v) is 4.36. The van der Waals surface area contributed by atoms with E-state index in [0.29, 0.717) is 31.6 Å². The lowest BCUT2D eigenvalue weighted by Gasteiger charge is -2.11. The maximum absolute atomic E-state index is 11.9. The lowest BCUT2D eigenvalue weighted by Crippen LogP contribution is -2.26. The number of pyridine rings is 1. The summed E-state index contributed by atoms with van der Waals surface area (Å²) in [5.74, 6) is 0.738. The summed E-state index contributed by atoms with van der Waals surface area (Å²) in [4.78, 5) is 26.3. The molecule has 1 aliphatic rings. The van der Waals surface area contributed by atoms with Gasteiger partial charge in [0, 0.05) is 31.9 Å². The van der Waals surface area contributed by atoms with Crippen molar-refractivity contribution in [1.82, 2.24) is 10.3 Å². The molecule has 2 rings (SSSR count). The molecule has 0 saturated heterocycles. The van der Waals surface area contributed by atoms with Gasteiger partial charge >= 0.3 is 0 Å². The Labute approximate surface area is 142 Å². The monoisotopic (exact) mass is 331 g/mol. The van der Waals surface area contributed by atoms with Crippen molar-refractivity contribution in [2.75, 3.05) is 19.8 Å². The SMILES string of the molecule is Cc1[nH]c(=O)c(C#N)c(C)c1CCC(=O)NCCCOCC1CC1. The first-order valence-electron chi connectivity index (χ1n) is 8.49. The quantitative estimate of drug-likeness (QED) is 0.674. The second-order valence-corrected chi connectivity index (χ2v) is 6.39. The fourth-order valence-electron chi connectivity index (χ4n) is 2.68. The highest BCUT2D eigenvalue weighted by Crippen LogP contribution is 2.28. The number of aromatic nitrogens is 1. The Bertz CT molecular complexity index is 684. The summed E-state index contributed by atoms with van der Waals surface area (Å²) in [5.41, 5.74) is 2.02. The van der Waals surface area contributed by atoms with E-state index < -0.39 is 0 Å². The molecule has 0 aromatic carbocycles. The first-order valence-corrected chi connectivity index (χ1v) is 8.49. The predicted octanol–water partition coefficient (Wildman–Crippen LogP) is 1.73. The summed E-state index contributed by atoms with van der Waals surface area (Å²) in [7, 11) is 0. The van der Waals surface area contributed by atoms with Crippen LogP contribution in [0.5, 0.6) is 0 Å². The fraction of sp³-hybridized carbons (Fsp3) is 0.611. The van der Waals surface area contributed by atoms with Crippen LogP contribution in [0.4, 0.5) is 0 Å². The minimum absolute atomic E-state index is 0.0271. The van der Waals surface area contributed by atoms with Crippen molar-refractivity contribution in [3.05, 3.63) is 32.7 Å². The lowest BCUT2D eigenvalue weighted by atomic mass is 9.99. The highest BCUT2D eigenvalue weighted by Gasteiger charge is 2.20. The Balaban J connectivity index is 1.73. The van der Waals surface area contributed by atoms with Crippen LogP contribution in [0.1, 0.15) is 48.1 Å². The minimum Gasteiger partial charge on any atom is -0.381 e. The highest BCUT2D eigenvalue weighted by atomic mass is 16.5. The van der Waals surface area contributed by atoms with Crippen molar-refractivity contribution in [2.45, 2.75) is 46.0 Å². The van der Waals surface area contributed by atoms with Crippen molar-refractivity contribution in [1.29, 1.82) is 5.26 Å². The van der Waals surface area contributed by atoms with Crippen LogP contribution in [0.2, 0.25) is 0 Å². The lowest BCUT2D eigenvalue weighted by molar-refractivity contribution is -0.121. The van der Waals surface area contributed by atoms with E-state index in [2.05, 4.69) is 10.3 Å². The van der Waals surface area contributed by atoms with Gasteiger partial charge in [0.1, 0.15) is 11.6 Å². The van der Waals surface area contributed by atoms with Gasteiger partial charge in [-0.1, -0.05) is 0 Å². The summed E-state index contributed by atoms with van der Waals surface area (Å²) in [6.07, 6.45) is 4.23. The molecule has 130 valence electrons. The maximum atomic E-state index is 11.9. The second-order valence-electron chi connectivity index (χ2n) is 6.39. The van der Waals surface area contributed by atoms with Crippen LogP contribution in [-0.2, 0) is 16.0 Å². The zero-order valence-electron chi connectivity index (χ0n) is 14.4. The number of aryl methyl sites for hydroxylation is 1. The average molecular weight is 331 g/mol. The molecule has 6 nitrogen and oxygen atoms in total. The summed E-state index contributed by atoms with van der Waals surface area (Å²) < 4.78 is 5.52. The third kappa shape index (κ3) is 5.20. The molecule has 1 aromatic heterocycles. The molecule has 0 unspecified atom stereocenters. The Hall–Kier alpha value is -2.13. The first kappa shape index (κ1) is 18.2. The number of nitriles is 1. The molecule has 24 heavy (non-hydrogen) atoms. The van der Waals surface area contributed by atoms with Gasteiger partial charge in [0.2, 0.25) is 5.91 Å². The number of hydrogen-bond acceptors (Lipinski definition) is 4. The third-order valence-electron chi connectivity index (χ3n) is 4.36. The van der Waals surface area contributed by atoms with E-state index in [9.17, 15) is 9.59 Å². The number of amides is 1. The topological polar surface area (TPSA) is 95.0 Å². The average Bonchev–Trinajstić information content (AvgIpc) is 3.34. The molecule has 1 saturated carbocycles. The largest absolute Gasteiger partial charge is 0.381 e. The number of nitrogens with zero attached hydrogens (tertiary/aromatic N) is 1. The fourth-order valence-corrected chi connectivity index (χ4v) is 2.68. The molecule has 1 aromatic rings. The van der Waals surface area contributed by atoms with Crippen LogP contribution in [0.15, 0.2) is 4.79 Å². The van der Waals surface area contributed by atoms with E-state index >= 15 is 0 Å². The molecule has 0 spiro atoms. The van der Waals surface area contributed by atoms with Crippen LogP contribution in [-0.4, -0.2) is 30.6 Å². The van der Waals surface area contributed by atoms with Crippen LogP contribution in [0, 0.1) is 31.1 Å². The second kappa shape index (κ2) is 8.65. The number of carbonyl (C=O) groups excluding carboxylic acids is 1. The number of hydrogen-bond donors (Lipinski definition) is 2. The molecule has 0 aliphatic heterocycles. The Morgan fingerprint density at radius 2 is 2.17 bits per heavy atom. The van der Waals surface area contributed by atoms with E-state index in [1.54, 1.807) is 13.8 Å². The number of ether oxygens (including phenoxy) is 1. The summed E-state index contributed by atoms with van der Waals surface area (Å²) >= 11 is 0. The van der Waals surface area contributed by atoms with E-state index in [1.165, 1.54) is 12.8 Å². The van der Waals surface area contributed by atoms with Gasteiger partial charge in [-0.25, -0.2) is 0 Å². The minimum atomic E-state index is -0.369. The number of nitrogens with one attached hydrogen (secondary N) is 2. The van der Waals surface area contributed by atoms with E-state index in [1.807, 2.05) is 6.07 Å². The molecule has 2 N–H and O–H groups in total. The molecule has 0 radical (unpaired) electrons. The van der Waals surface area contributed by atoms with Gasteiger partial charge in [-0.05, 0) is 56.6 Å². The zero-order chi connectivity index (χ0) is 17.5. The van der Waals surface area contributed by atoms with Crippen LogP contribution < -0.4 is 10.9 Å². The summed E-state index contributed by atoms with van der Waals surface area (Å²) in [5, 5.41) is 11.9. The van der Waals surface area contributed by atoms with Crippen LogP contribution >= 0.6 is 0 Å². The molecule has 1 heterocycles. The molecule has 1 amide bonds. The first-order chi connectivity index (χ1) is 11.5. The van der Waals surface area contributed by atoms with Crippen molar-refractivity contribution in [3.63, 3.8) is 0 Å². The smallest absolute Gasteiger partial charge is 0.266 e. The van der Waals surface area contributed by atoms with Crippen molar-refractivity contribution in [3.8, 4) is 6.07 Å². The van der Waals surface area contributed by atoms with Gasteiger partial charge in [0.25, 0.3) is 5.56 Å². The Kier molecular flexibility index (Phi) is 6.56. The van der Waals surface area contributed by atoms with Gasteiger partial charge < -0.3 is 15.0 Å². The van der Waals surface area contributed by atoms with Gasteiger partial charge in [-0.15, -0.1) is 0 Å². The van der Waals surface area contributed by atoms with Crippen LogP contribution in [0.25, 0.3) is 0 Å².